The lowest BCUT2D eigenvalue weighted by atomic mass is 9.88. The number of H-pyrrole nitrogens is 2. The molecule has 1 saturated heterocycles. The zero-order chi connectivity index (χ0) is 16.9. The van der Waals surface area contributed by atoms with Crippen LogP contribution < -0.4 is 11.2 Å². The van der Waals surface area contributed by atoms with Crippen molar-refractivity contribution in [1.82, 2.24) is 14.9 Å². The summed E-state index contributed by atoms with van der Waals surface area (Å²) in [6, 6.07) is 0. The second-order valence-corrected chi connectivity index (χ2v) is 6.82. The van der Waals surface area contributed by atoms with Crippen molar-refractivity contribution < 1.29 is 9.53 Å². The van der Waals surface area contributed by atoms with Gasteiger partial charge in [-0.3, -0.25) is 14.6 Å². The van der Waals surface area contributed by atoms with E-state index in [0.29, 0.717) is 24.6 Å². The van der Waals surface area contributed by atoms with Gasteiger partial charge in [0.15, 0.2) is 0 Å². The molecule has 1 amide bonds. The summed E-state index contributed by atoms with van der Waals surface area (Å²) >= 11 is 0. The maximum atomic E-state index is 12.8. The molecule has 1 aromatic heterocycles. The van der Waals surface area contributed by atoms with Crippen LogP contribution in [-0.4, -0.2) is 40.0 Å². The van der Waals surface area contributed by atoms with Crippen molar-refractivity contribution in [3.05, 3.63) is 32.6 Å². The predicted octanol–water partition coefficient (Wildman–Crippen LogP) is 1.15. The fourth-order valence-electron chi connectivity index (χ4n) is 3.65. The Labute approximate surface area is 140 Å². The van der Waals surface area contributed by atoms with Crippen molar-refractivity contribution >= 4 is 5.91 Å². The molecule has 24 heavy (non-hydrogen) atoms. The molecule has 1 aromatic rings. The fraction of sp³-hybridized carbons (Fsp3) is 0.706. The number of aromatic amines is 2. The second-order valence-electron chi connectivity index (χ2n) is 6.82. The second kappa shape index (κ2) is 7.79. The number of hydrogen-bond donors (Lipinski definition) is 2. The molecule has 7 nitrogen and oxygen atoms in total. The first kappa shape index (κ1) is 17.0. The van der Waals surface area contributed by atoms with E-state index in [4.69, 9.17) is 4.74 Å². The summed E-state index contributed by atoms with van der Waals surface area (Å²) < 4.78 is 5.54. The third kappa shape index (κ3) is 4.14. The Morgan fingerprint density at radius 3 is 2.62 bits per heavy atom. The molecule has 0 aromatic carbocycles. The van der Waals surface area contributed by atoms with Gasteiger partial charge in [-0.1, -0.05) is 19.3 Å². The average Bonchev–Trinajstić information content (AvgIpc) is 3.11. The van der Waals surface area contributed by atoms with E-state index in [1.54, 1.807) is 4.90 Å². The largest absolute Gasteiger partial charge is 0.368 e. The van der Waals surface area contributed by atoms with Crippen LogP contribution in [-0.2, 0) is 16.1 Å². The van der Waals surface area contributed by atoms with Crippen LogP contribution in [0.15, 0.2) is 15.8 Å². The van der Waals surface area contributed by atoms with Crippen molar-refractivity contribution in [2.24, 2.45) is 5.92 Å². The Morgan fingerprint density at radius 1 is 1.17 bits per heavy atom. The standard InChI is InChI=1S/C17H25N3O4/c21-15-13(9-18-17(23)19-15)11-20(10-12-5-2-1-3-6-12)16(22)14-7-4-8-24-14/h9,12,14H,1-8,10-11H2,(H2,18,19,21,23)/t14-/m1/s1. The number of nitrogens with zero attached hydrogens (tertiary/aromatic N) is 1. The molecule has 2 aliphatic rings. The van der Waals surface area contributed by atoms with E-state index in [9.17, 15) is 14.4 Å². The molecule has 0 radical (unpaired) electrons. The summed E-state index contributed by atoms with van der Waals surface area (Å²) in [5.74, 6) is 0.439. The van der Waals surface area contributed by atoms with Crippen LogP contribution in [0.25, 0.3) is 0 Å². The van der Waals surface area contributed by atoms with Crippen molar-refractivity contribution in [2.75, 3.05) is 13.2 Å². The van der Waals surface area contributed by atoms with Crippen LogP contribution in [0.1, 0.15) is 50.5 Å². The SMILES string of the molecule is O=C([C@H]1CCCO1)N(Cc1c[nH]c(=O)[nH]c1=O)CC1CCCCC1. The zero-order valence-corrected chi connectivity index (χ0v) is 13.9. The van der Waals surface area contributed by atoms with E-state index < -0.39 is 17.4 Å². The topological polar surface area (TPSA) is 95.3 Å². The maximum absolute atomic E-state index is 12.8. The molecule has 1 atom stereocenters. The Kier molecular flexibility index (Phi) is 5.50. The molecule has 2 fully saturated rings. The van der Waals surface area contributed by atoms with Gasteiger partial charge in [-0.2, -0.15) is 0 Å². The van der Waals surface area contributed by atoms with E-state index in [1.165, 1.54) is 25.5 Å². The van der Waals surface area contributed by atoms with Crippen LogP contribution in [0.2, 0.25) is 0 Å². The smallest absolute Gasteiger partial charge is 0.325 e. The summed E-state index contributed by atoms with van der Waals surface area (Å²) in [7, 11) is 0. The number of amides is 1. The van der Waals surface area contributed by atoms with Crippen LogP contribution in [0.4, 0.5) is 0 Å². The van der Waals surface area contributed by atoms with Crippen molar-refractivity contribution in [2.45, 2.75) is 57.6 Å². The predicted molar refractivity (Wildman–Crippen MR) is 88.6 cm³/mol. The highest BCUT2D eigenvalue weighted by Crippen LogP contribution is 2.26. The first-order valence-electron chi connectivity index (χ1n) is 8.85. The zero-order valence-electron chi connectivity index (χ0n) is 13.9. The summed E-state index contributed by atoms with van der Waals surface area (Å²) in [5.41, 5.74) is -0.572. The average molecular weight is 335 g/mol. The molecule has 1 saturated carbocycles. The number of nitrogens with one attached hydrogen (secondary N) is 2. The number of aromatic nitrogens is 2. The van der Waals surface area contributed by atoms with E-state index in [0.717, 1.165) is 25.7 Å². The highest BCUT2D eigenvalue weighted by atomic mass is 16.5. The molecular formula is C17H25N3O4. The summed E-state index contributed by atoms with van der Waals surface area (Å²) in [6.45, 7) is 1.48. The quantitative estimate of drug-likeness (QED) is 0.844. The van der Waals surface area contributed by atoms with Gasteiger partial charge >= 0.3 is 5.69 Å². The number of carbonyl (C=O) groups is 1. The van der Waals surface area contributed by atoms with Gasteiger partial charge in [-0.15, -0.1) is 0 Å². The number of carbonyl (C=O) groups excluding carboxylic acids is 1. The third-order valence-electron chi connectivity index (χ3n) is 4.98. The minimum Gasteiger partial charge on any atom is -0.368 e. The van der Waals surface area contributed by atoms with Crippen LogP contribution in [0.3, 0.4) is 0 Å². The molecule has 132 valence electrons. The molecule has 0 unspecified atom stereocenters. The van der Waals surface area contributed by atoms with E-state index in [2.05, 4.69) is 9.97 Å². The Balaban J connectivity index is 1.75. The van der Waals surface area contributed by atoms with Gasteiger partial charge in [0.2, 0.25) is 0 Å². The highest BCUT2D eigenvalue weighted by Gasteiger charge is 2.30. The van der Waals surface area contributed by atoms with Crippen molar-refractivity contribution in [3.8, 4) is 0 Å². The maximum Gasteiger partial charge on any atom is 0.325 e. The first-order chi connectivity index (χ1) is 11.6. The molecule has 0 spiro atoms. The Bertz CT molecular complexity index is 669. The third-order valence-corrected chi connectivity index (χ3v) is 4.98. The molecule has 7 heteroatoms. The van der Waals surface area contributed by atoms with Gasteiger partial charge in [-0.05, 0) is 31.6 Å². The monoisotopic (exact) mass is 335 g/mol. The highest BCUT2D eigenvalue weighted by molar-refractivity contribution is 5.81. The molecular weight excluding hydrogens is 310 g/mol. The summed E-state index contributed by atoms with van der Waals surface area (Å²) in [5, 5.41) is 0. The normalized spacial score (nSPS) is 21.8. The minimum absolute atomic E-state index is 0.0383. The fourth-order valence-corrected chi connectivity index (χ4v) is 3.65. The Hall–Kier alpha value is -1.89. The lowest BCUT2D eigenvalue weighted by Crippen LogP contribution is -2.43. The van der Waals surface area contributed by atoms with E-state index in [1.807, 2.05) is 0 Å². The van der Waals surface area contributed by atoms with E-state index in [-0.39, 0.29) is 12.5 Å². The van der Waals surface area contributed by atoms with Crippen molar-refractivity contribution in [1.29, 1.82) is 0 Å². The van der Waals surface area contributed by atoms with Gasteiger partial charge in [0.05, 0.1) is 12.1 Å². The van der Waals surface area contributed by atoms with Gasteiger partial charge in [-0.25, -0.2) is 4.79 Å². The number of ether oxygens (including phenoxy) is 1. The van der Waals surface area contributed by atoms with E-state index >= 15 is 0 Å². The molecule has 3 rings (SSSR count). The van der Waals surface area contributed by atoms with Crippen LogP contribution in [0, 0.1) is 5.92 Å². The molecule has 1 aliphatic heterocycles. The van der Waals surface area contributed by atoms with Gasteiger partial charge < -0.3 is 14.6 Å². The van der Waals surface area contributed by atoms with Crippen molar-refractivity contribution in [3.63, 3.8) is 0 Å². The first-order valence-corrected chi connectivity index (χ1v) is 8.85. The van der Waals surface area contributed by atoms with Gasteiger partial charge in [0, 0.05) is 19.3 Å². The molecule has 1 aliphatic carbocycles. The molecule has 0 bridgehead atoms. The lowest BCUT2D eigenvalue weighted by molar-refractivity contribution is -0.142. The van der Waals surface area contributed by atoms with Gasteiger partial charge in [0.25, 0.3) is 11.5 Å². The minimum atomic E-state index is -0.534. The summed E-state index contributed by atoms with van der Waals surface area (Å²) in [6.07, 6.45) is 8.55. The van der Waals surface area contributed by atoms with Gasteiger partial charge in [0.1, 0.15) is 6.10 Å². The van der Waals surface area contributed by atoms with Crippen LogP contribution >= 0.6 is 0 Å². The number of rotatable bonds is 5. The lowest BCUT2D eigenvalue weighted by Gasteiger charge is -2.31. The number of hydrogen-bond acceptors (Lipinski definition) is 4. The molecule has 2 N–H and O–H groups in total. The van der Waals surface area contributed by atoms with Crippen LogP contribution in [0.5, 0.6) is 0 Å². The molecule has 2 heterocycles. The Morgan fingerprint density at radius 2 is 1.96 bits per heavy atom. The summed E-state index contributed by atoms with van der Waals surface area (Å²) in [4.78, 5) is 42.4.